The number of rotatable bonds is 4. The zero-order valence-electron chi connectivity index (χ0n) is 6.57. The van der Waals surface area contributed by atoms with Gasteiger partial charge in [-0.3, -0.25) is 10.1 Å². The molecular weight excluding hydrogens is 194 g/mol. The summed E-state index contributed by atoms with van der Waals surface area (Å²) in [5, 5.41) is 10.3. The van der Waals surface area contributed by atoms with Crippen LogP contribution in [0.4, 0.5) is 5.69 Å². The molecule has 0 aliphatic heterocycles. The first-order valence-electron chi connectivity index (χ1n) is 3.45. The van der Waals surface area contributed by atoms with Crippen molar-refractivity contribution >= 4 is 17.3 Å². The van der Waals surface area contributed by atoms with Crippen LogP contribution in [0.25, 0.3) is 0 Å². The van der Waals surface area contributed by atoms with E-state index in [1.165, 1.54) is 12.1 Å². The van der Waals surface area contributed by atoms with E-state index >= 15 is 0 Å². The van der Waals surface area contributed by atoms with E-state index in [2.05, 4.69) is 4.74 Å². The molecule has 0 aliphatic rings. The molecule has 0 amide bonds. The highest BCUT2D eigenvalue weighted by Gasteiger charge is 2.03. The highest BCUT2D eigenvalue weighted by molar-refractivity contribution is 6.21. The molecule has 0 aromatic heterocycles. The van der Waals surface area contributed by atoms with Crippen LogP contribution in [0.5, 0.6) is 0 Å². The van der Waals surface area contributed by atoms with Crippen LogP contribution >= 0.6 is 11.6 Å². The van der Waals surface area contributed by atoms with Gasteiger partial charge < -0.3 is 4.74 Å². The van der Waals surface area contributed by atoms with E-state index in [-0.39, 0.29) is 12.3 Å². The van der Waals surface area contributed by atoms with Gasteiger partial charge in [0.05, 0.1) is 11.5 Å². The van der Waals surface area contributed by atoms with Gasteiger partial charge in [-0.05, 0) is 17.7 Å². The summed E-state index contributed by atoms with van der Waals surface area (Å²) in [6.45, 7) is 0.265. The summed E-state index contributed by atoms with van der Waals surface area (Å²) in [4.78, 5) is 9.81. The van der Waals surface area contributed by atoms with Crippen molar-refractivity contribution in [2.24, 2.45) is 0 Å². The zero-order chi connectivity index (χ0) is 9.68. The summed E-state index contributed by atoms with van der Waals surface area (Å²) in [7, 11) is 0. The Bertz CT molecular complexity index is 286. The molecule has 0 atom stereocenters. The van der Waals surface area contributed by atoms with Crippen LogP contribution in [0.1, 0.15) is 5.56 Å². The number of halogens is 1. The van der Waals surface area contributed by atoms with Gasteiger partial charge in [-0.1, -0.05) is 11.6 Å². The third-order valence-corrected chi connectivity index (χ3v) is 1.55. The van der Waals surface area contributed by atoms with Gasteiger partial charge in [0.15, 0.2) is 0 Å². The number of nitro groups is 1. The van der Waals surface area contributed by atoms with Gasteiger partial charge in [0, 0.05) is 12.1 Å². The van der Waals surface area contributed by atoms with Gasteiger partial charge in [0.2, 0.25) is 6.07 Å². The molecule has 68 valence electrons. The van der Waals surface area contributed by atoms with Crippen molar-refractivity contribution in [2.75, 3.05) is 0 Å². The van der Waals surface area contributed by atoms with E-state index in [0.717, 1.165) is 5.56 Å². The minimum Gasteiger partial charge on any atom is -0.347 e. The average molecular weight is 200 g/mol. The van der Waals surface area contributed by atoms with E-state index in [0.29, 0.717) is 0 Å². The lowest BCUT2D eigenvalue weighted by molar-refractivity contribution is -0.384. The lowest BCUT2D eigenvalue weighted by Crippen LogP contribution is -1.90. The second-order valence-corrected chi connectivity index (χ2v) is 2.44. The Morgan fingerprint density at radius 2 is 2.08 bits per heavy atom. The molecule has 1 aromatic rings. The molecule has 0 bridgehead atoms. The summed E-state index contributed by atoms with van der Waals surface area (Å²) < 4.78 is 4.67. The summed E-state index contributed by atoms with van der Waals surface area (Å²) in [6.07, 6.45) is 0. The lowest BCUT2D eigenvalue weighted by Gasteiger charge is -1.98. The fourth-order valence-corrected chi connectivity index (χ4v) is 0.879. The van der Waals surface area contributed by atoms with E-state index < -0.39 is 4.92 Å². The fraction of sp³-hybridized carbons (Fsp3) is 0.125. The number of ether oxygens (including phenoxy) is 1. The summed E-state index contributed by atoms with van der Waals surface area (Å²) in [5.74, 6) is 0. The van der Waals surface area contributed by atoms with Gasteiger partial charge in [-0.25, -0.2) is 0 Å². The highest BCUT2D eigenvalue weighted by atomic mass is 35.5. The number of non-ortho nitro benzene ring substituents is 1. The van der Waals surface area contributed by atoms with Crippen LogP contribution < -0.4 is 0 Å². The first-order valence-corrected chi connectivity index (χ1v) is 3.82. The standard InChI is InChI=1S/C8H6ClNO3/c9-6-13-5-7-1-3-8(4-2-7)10(11)12/h1-4H,5H2. The molecule has 1 aromatic carbocycles. The number of nitro benzene ring substituents is 1. The average Bonchev–Trinajstić information content (AvgIpc) is 2.15. The minimum absolute atomic E-state index is 0.0579. The maximum Gasteiger partial charge on any atom is 0.269 e. The maximum atomic E-state index is 10.3. The smallest absolute Gasteiger partial charge is 0.269 e. The first kappa shape index (κ1) is 9.95. The van der Waals surface area contributed by atoms with Crippen molar-refractivity contribution in [3.63, 3.8) is 0 Å². The Hall–Kier alpha value is -1.13. The minimum atomic E-state index is -0.454. The normalized spacial score (nSPS) is 9.92. The van der Waals surface area contributed by atoms with Gasteiger partial charge in [-0.2, -0.15) is 0 Å². The van der Waals surface area contributed by atoms with E-state index in [9.17, 15) is 10.1 Å². The third kappa shape index (κ3) is 3.01. The van der Waals surface area contributed by atoms with Crippen LogP contribution in [0.2, 0.25) is 0 Å². The molecule has 0 fully saturated rings. The Morgan fingerprint density at radius 1 is 1.46 bits per heavy atom. The Kier molecular flexibility index (Phi) is 3.67. The Morgan fingerprint density at radius 3 is 2.54 bits per heavy atom. The second-order valence-electron chi connectivity index (χ2n) is 2.29. The van der Waals surface area contributed by atoms with Gasteiger partial charge in [0.1, 0.15) is 0 Å². The van der Waals surface area contributed by atoms with E-state index in [1.54, 1.807) is 12.1 Å². The maximum absolute atomic E-state index is 10.3. The molecule has 2 radical (unpaired) electrons. The molecule has 4 nitrogen and oxygen atoms in total. The molecule has 0 saturated carbocycles. The number of hydrogen-bond acceptors (Lipinski definition) is 3. The molecule has 0 heterocycles. The topological polar surface area (TPSA) is 52.4 Å². The van der Waals surface area contributed by atoms with Crippen molar-refractivity contribution in [3.8, 4) is 0 Å². The molecule has 13 heavy (non-hydrogen) atoms. The van der Waals surface area contributed by atoms with Crippen molar-refractivity contribution in [1.29, 1.82) is 0 Å². The molecule has 0 spiro atoms. The van der Waals surface area contributed by atoms with E-state index in [4.69, 9.17) is 11.6 Å². The molecule has 1 rings (SSSR count). The first-order chi connectivity index (χ1) is 6.24. The predicted octanol–water partition coefficient (Wildman–Crippen LogP) is 2.35. The zero-order valence-corrected chi connectivity index (χ0v) is 7.32. The number of nitrogens with zero attached hydrogens (tertiary/aromatic N) is 1. The van der Waals surface area contributed by atoms with Crippen molar-refractivity contribution in [3.05, 3.63) is 46.0 Å². The van der Waals surface area contributed by atoms with Gasteiger partial charge in [0.25, 0.3) is 5.69 Å². The van der Waals surface area contributed by atoms with E-state index in [1.807, 2.05) is 6.07 Å². The molecule has 0 aliphatic carbocycles. The van der Waals surface area contributed by atoms with Gasteiger partial charge in [-0.15, -0.1) is 0 Å². The van der Waals surface area contributed by atoms with Gasteiger partial charge >= 0.3 is 0 Å². The largest absolute Gasteiger partial charge is 0.347 e. The molecule has 0 unspecified atom stereocenters. The second kappa shape index (κ2) is 4.79. The van der Waals surface area contributed by atoms with Crippen LogP contribution in [-0.4, -0.2) is 4.92 Å². The monoisotopic (exact) mass is 199 g/mol. The molecule has 5 heteroatoms. The number of hydrogen-bond donors (Lipinski definition) is 0. The van der Waals surface area contributed by atoms with Crippen LogP contribution in [0.15, 0.2) is 24.3 Å². The fourth-order valence-electron chi connectivity index (χ4n) is 0.824. The number of benzene rings is 1. The summed E-state index contributed by atoms with van der Waals surface area (Å²) in [6, 6.07) is 8.02. The highest BCUT2D eigenvalue weighted by Crippen LogP contribution is 2.12. The van der Waals surface area contributed by atoms with Crippen molar-refractivity contribution in [2.45, 2.75) is 6.61 Å². The quantitative estimate of drug-likeness (QED) is 0.553. The lowest BCUT2D eigenvalue weighted by atomic mass is 10.2. The van der Waals surface area contributed by atoms with Crippen molar-refractivity contribution in [1.82, 2.24) is 0 Å². The molecule has 0 N–H and O–H groups in total. The van der Waals surface area contributed by atoms with Crippen LogP contribution in [0.3, 0.4) is 0 Å². The predicted molar refractivity (Wildman–Crippen MR) is 47.0 cm³/mol. The third-order valence-electron chi connectivity index (χ3n) is 1.44. The summed E-state index contributed by atoms with van der Waals surface area (Å²) >= 11 is 5.05. The SMILES string of the molecule is O=[N+]([O-])c1ccc(CO[C]Cl)cc1. The van der Waals surface area contributed by atoms with Crippen LogP contribution in [-0.2, 0) is 11.3 Å². The van der Waals surface area contributed by atoms with Crippen molar-refractivity contribution < 1.29 is 9.66 Å². The Balaban J connectivity index is 2.64. The molecular formula is C8H6ClNO3. The summed E-state index contributed by atoms with van der Waals surface area (Å²) in [5.41, 5.74) is 0.862. The van der Waals surface area contributed by atoms with Crippen LogP contribution in [0, 0.1) is 16.2 Å². The Labute approximate surface area is 80.2 Å². The molecule has 0 saturated heterocycles.